The maximum Gasteiger partial charge on any atom is 0.273 e. The SMILES string of the molecule is COc1ccc(S(=O)(=O)N(Cc2ccccc2)c2ccccc2C(=O)N/N=C\c2ccc(-c3ccc(Cl)cc3Cl)o2)cc1. The Bertz CT molecular complexity index is 1880. The quantitative estimate of drug-likeness (QED) is 0.127. The van der Waals surface area contributed by atoms with E-state index in [-0.39, 0.29) is 22.7 Å². The molecule has 0 aliphatic rings. The molecular formula is C32H25Cl2N3O5S. The number of hydrogen-bond acceptors (Lipinski definition) is 6. The molecule has 1 aromatic heterocycles. The maximum absolute atomic E-state index is 14.0. The molecule has 0 fully saturated rings. The highest BCUT2D eigenvalue weighted by atomic mass is 35.5. The molecule has 43 heavy (non-hydrogen) atoms. The van der Waals surface area contributed by atoms with E-state index in [1.807, 2.05) is 30.3 Å². The molecule has 11 heteroatoms. The smallest absolute Gasteiger partial charge is 0.273 e. The van der Waals surface area contributed by atoms with Gasteiger partial charge < -0.3 is 9.15 Å². The summed E-state index contributed by atoms with van der Waals surface area (Å²) in [6.45, 7) is -0.00874. The van der Waals surface area contributed by atoms with Gasteiger partial charge in [-0.05, 0) is 72.3 Å². The van der Waals surface area contributed by atoms with Crippen LogP contribution in [-0.2, 0) is 16.6 Å². The zero-order valence-corrected chi connectivity index (χ0v) is 25.1. The lowest BCUT2D eigenvalue weighted by Crippen LogP contribution is -2.33. The summed E-state index contributed by atoms with van der Waals surface area (Å²) in [5, 5.41) is 4.97. The number of rotatable bonds is 10. The van der Waals surface area contributed by atoms with Gasteiger partial charge in [0, 0.05) is 10.6 Å². The summed E-state index contributed by atoms with van der Waals surface area (Å²) >= 11 is 12.3. The topological polar surface area (TPSA) is 101 Å². The minimum Gasteiger partial charge on any atom is -0.497 e. The number of nitrogens with zero attached hydrogens (tertiary/aromatic N) is 2. The van der Waals surface area contributed by atoms with Crippen molar-refractivity contribution in [2.45, 2.75) is 11.4 Å². The zero-order chi connectivity index (χ0) is 30.4. The number of carbonyl (C=O) groups is 1. The van der Waals surface area contributed by atoms with E-state index in [9.17, 15) is 13.2 Å². The van der Waals surface area contributed by atoms with Crippen molar-refractivity contribution in [2.24, 2.45) is 5.10 Å². The molecule has 8 nitrogen and oxygen atoms in total. The van der Waals surface area contributed by atoms with Crippen LogP contribution >= 0.6 is 23.2 Å². The van der Waals surface area contributed by atoms with Crippen LogP contribution in [0.4, 0.5) is 5.69 Å². The first-order chi connectivity index (χ1) is 20.8. The van der Waals surface area contributed by atoms with Crippen molar-refractivity contribution in [2.75, 3.05) is 11.4 Å². The predicted octanol–water partition coefficient (Wildman–Crippen LogP) is 7.42. The van der Waals surface area contributed by atoms with E-state index < -0.39 is 15.9 Å². The van der Waals surface area contributed by atoms with Gasteiger partial charge in [0.2, 0.25) is 0 Å². The van der Waals surface area contributed by atoms with E-state index in [1.54, 1.807) is 60.7 Å². The monoisotopic (exact) mass is 633 g/mol. The molecule has 5 rings (SSSR count). The van der Waals surface area contributed by atoms with Crippen LogP contribution < -0.4 is 14.5 Å². The molecule has 0 saturated carbocycles. The second kappa shape index (κ2) is 13.2. The number of carbonyl (C=O) groups excluding carboxylic acids is 1. The lowest BCUT2D eigenvalue weighted by Gasteiger charge is -2.26. The van der Waals surface area contributed by atoms with E-state index >= 15 is 0 Å². The normalized spacial score (nSPS) is 11.4. The molecule has 0 aliphatic carbocycles. The molecule has 0 unspecified atom stereocenters. The maximum atomic E-state index is 14.0. The van der Waals surface area contributed by atoms with Gasteiger partial charge in [-0.15, -0.1) is 0 Å². The van der Waals surface area contributed by atoms with Gasteiger partial charge >= 0.3 is 0 Å². The first-order valence-electron chi connectivity index (χ1n) is 12.9. The largest absolute Gasteiger partial charge is 0.497 e. The lowest BCUT2D eigenvalue weighted by atomic mass is 10.1. The van der Waals surface area contributed by atoms with Gasteiger partial charge in [-0.3, -0.25) is 9.10 Å². The van der Waals surface area contributed by atoms with Crippen molar-refractivity contribution < 1.29 is 22.4 Å². The minimum absolute atomic E-state index is 0.00874. The Labute approximate surface area is 259 Å². The van der Waals surface area contributed by atoms with Gasteiger partial charge in [0.1, 0.15) is 17.3 Å². The Morgan fingerprint density at radius 3 is 2.37 bits per heavy atom. The number of hydrogen-bond donors (Lipinski definition) is 1. The fourth-order valence-corrected chi connectivity index (χ4v) is 6.25. The van der Waals surface area contributed by atoms with Gasteiger partial charge in [-0.25, -0.2) is 13.8 Å². The third-order valence-corrected chi connectivity index (χ3v) is 8.74. The molecule has 5 aromatic rings. The Hall–Kier alpha value is -4.57. The predicted molar refractivity (Wildman–Crippen MR) is 168 cm³/mol. The van der Waals surface area contributed by atoms with E-state index in [4.69, 9.17) is 32.4 Å². The number of para-hydroxylation sites is 1. The molecule has 0 radical (unpaired) electrons. The molecular weight excluding hydrogens is 609 g/mol. The molecule has 0 saturated heterocycles. The van der Waals surface area contributed by atoms with Crippen molar-refractivity contribution >= 4 is 51.0 Å². The third kappa shape index (κ3) is 6.91. The zero-order valence-electron chi connectivity index (χ0n) is 22.8. The molecule has 1 heterocycles. The Balaban J connectivity index is 1.42. The standard InChI is InChI=1S/C32H25Cl2N3O5S/c1-41-24-12-15-26(16-13-24)43(39,40)37(21-22-7-3-2-4-8-22)30-10-6-5-9-28(30)32(38)36-35-20-25-14-18-31(42-25)27-17-11-23(33)19-29(27)34/h2-20H,21H2,1H3,(H,36,38)/b35-20-. The number of hydrazone groups is 1. The van der Waals surface area contributed by atoms with Crippen molar-refractivity contribution in [3.05, 3.63) is 136 Å². The second-order valence-corrected chi connectivity index (χ2v) is 11.9. The van der Waals surface area contributed by atoms with Crippen LogP contribution in [0.1, 0.15) is 21.7 Å². The number of anilines is 1. The minimum atomic E-state index is -4.10. The molecule has 4 aromatic carbocycles. The van der Waals surface area contributed by atoms with Gasteiger partial charge in [0.15, 0.2) is 0 Å². The van der Waals surface area contributed by atoms with Gasteiger partial charge in [0.05, 0.1) is 41.0 Å². The van der Waals surface area contributed by atoms with Gasteiger partial charge in [-0.1, -0.05) is 65.7 Å². The lowest BCUT2D eigenvalue weighted by molar-refractivity contribution is 0.0955. The third-order valence-electron chi connectivity index (χ3n) is 6.42. The van der Waals surface area contributed by atoms with Crippen LogP contribution in [0.2, 0.25) is 10.0 Å². The number of ether oxygens (including phenoxy) is 1. The molecule has 1 N–H and O–H groups in total. The average molecular weight is 635 g/mol. The number of methoxy groups -OCH3 is 1. The van der Waals surface area contributed by atoms with Crippen molar-refractivity contribution in [3.63, 3.8) is 0 Å². The second-order valence-electron chi connectivity index (χ2n) is 9.22. The van der Waals surface area contributed by atoms with E-state index in [0.717, 1.165) is 5.56 Å². The summed E-state index contributed by atoms with van der Waals surface area (Å²) in [5.74, 6) is 0.774. The van der Waals surface area contributed by atoms with Crippen LogP contribution in [0.3, 0.4) is 0 Å². The summed E-state index contributed by atoms with van der Waals surface area (Å²) in [5.41, 5.74) is 4.16. The average Bonchev–Trinajstić information content (AvgIpc) is 3.48. The number of sulfonamides is 1. The van der Waals surface area contributed by atoms with Gasteiger partial charge in [-0.2, -0.15) is 5.10 Å². The number of benzene rings is 4. The first-order valence-corrected chi connectivity index (χ1v) is 15.1. The van der Waals surface area contributed by atoms with Crippen molar-refractivity contribution in [1.82, 2.24) is 5.43 Å². The highest BCUT2D eigenvalue weighted by Gasteiger charge is 2.28. The van der Waals surface area contributed by atoms with Crippen molar-refractivity contribution in [3.8, 4) is 17.1 Å². The summed E-state index contributed by atoms with van der Waals surface area (Å²) in [6, 6.07) is 30.1. The Morgan fingerprint density at radius 2 is 1.65 bits per heavy atom. The van der Waals surface area contributed by atoms with E-state index in [1.165, 1.54) is 35.8 Å². The van der Waals surface area contributed by atoms with Crippen LogP contribution in [0.15, 0.2) is 124 Å². The molecule has 1 amide bonds. The van der Waals surface area contributed by atoms with E-state index in [0.29, 0.717) is 32.9 Å². The molecule has 0 bridgehead atoms. The molecule has 218 valence electrons. The van der Waals surface area contributed by atoms with Crippen LogP contribution in [0.25, 0.3) is 11.3 Å². The van der Waals surface area contributed by atoms with Crippen LogP contribution in [-0.4, -0.2) is 27.6 Å². The number of furan rings is 1. The number of halogens is 2. The summed E-state index contributed by atoms with van der Waals surface area (Å²) in [6.07, 6.45) is 1.34. The fraction of sp³-hybridized carbons (Fsp3) is 0.0625. The summed E-state index contributed by atoms with van der Waals surface area (Å²) in [4.78, 5) is 13.4. The first kappa shape index (κ1) is 29.9. The summed E-state index contributed by atoms with van der Waals surface area (Å²) < 4.78 is 40.1. The van der Waals surface area contributed by atoms with Crippen LogP contribution in [0, 0.1) is 0 Å². The Kier molecular flexibility index (Phi) is 9.16. The fourth-order valence-electron chi connectivity index (χ4n) is 4.28. The number of amides is 1. The highest BCUT2D eigenvalue weighted by molar-refractivity contribution is 7.92. The molecule has 0 spiro atoms. The molecule has 0 aliphatic heterocycles. The van der Waals surface area contributed by atoms with E-state index in [2.05, 4.69) is 10.5 Å². The van der Waals surface area contributed by atoms with Crippen LogP contribution in [0.5, 0.6) is 5.75 Å². The molecule has 0 atom stereocenters. The highest BCUT2D eigenvalue weighted by Crippen LogP contribution is 2.32. The Morgan fingerprint density at radius 1 is 0.930 bits per heavy atom. The number of nitrogens with one attached hydrogen (secondary N) is 1. The summed E-state index contributed by atoms with van der Waals surface area (Å²) in [7, 11) is -2.60. The van der Waals surface area contributed by atoms with Gasteiger partial charge in [0.25, 0.3) is 15.9 Å². The van der Waals surface area contributed by atoms with Crippen molar-refractivity contribution in [1.29, 1.82) is 0 Å².